The van der Waals surface area contributed by atoms with Gasteiger partial charge in [-0.25, -0.2) is 0 Å². The molecule has 26 heavy (non-hydrogen) atoms. The maximum Gasteiger partial charge on any atom is 0.231 e. The molecule has 0 atom stereocenters. The summed E-state index contributed by atoms with van der Waals surface area (Å²) in [5, 5.41) is 7.89. The van der Waals surface area contributed by atoms with E-state index in [-0.39, 0.29) is 0 Å². The number of hydrogen-bond donors (Lipinski definition) is 3. The number of para-hydroxylation sites is 1. The number of ether oxygens (including phenoxy) is 2. The highest BCUT2D eigenvalue weighted by molar-refractivity contribution is 5.88. The highest BCUT2D eigenvalue weighted by Gasteiger charge is 2.19. The number of nitrogens with one attached hydrogen (secondary N) is 3. The standard InChI is InChI=1S/C19H21N5O2/c1-2-5-12(4-1)21-18-13-8-9-20-17(13)23-19(24-18)22-14-6-3-7-15-16(14)26-11-10-25-15/h3,6-9,12H,1-2,4-5,10-11H2,(H3,20,21,22,23,24). The van der Waals surface area contributed by atoms with Gasteiger partial charge in [0.25, 0.3) is 0 Å². The molecule has 0 unspecified atom stereocenters. The minimum absolute atomic E-state index is 0.483. The van der Waals surface area contributed by atoms with E-state index in [1.807, 2.05) is 30.5 Å². The molecule has 134 valence electrons. The number of nitrogens with zero attached hydrogens (tertiary/aromatic N) is 2. The van der Waals surface area contributed by atoms with E-state index in [2.05, 4.69) is 20.6 Å². The summed E-state index contributed by atoms with van der Waals surface area (Å²) < 4.78 is 11.4. The van der Waals surface area contributed by atoms with Crippen LogP contribution in [0.3, 0.4) is 0 Å². The predicted molar refractivity (Wildman–Crippen MR) is 100 cm³/mol. The van der Waals surface area contributed by atoms with Crippen LogP contribution in [-0.2, 0) is 0 Å². The molecule has 3 aromatic rings. The van der Waals surface area contributed by atoms with Crippen molar-refractivity contribution in [1.29, 1.82) is 0 Å². The van der Waals surface area contributed by atoms with Gasteiger partial charge in [-0.3, -0.25) is 0 Å². The Morgan fingerprint density at radius 2 is 1.92 bits per heavy atom. The molecule has 0 spiro atoms. The van der Waals surface area contributed by atoms with Crippen molar-refractivity contribution in [3.8, 4) is 11.5 Å². The number of H-pyrrole nitrogens is 1. The van der Waals surface area contributed by atoms with Gasteiger partial charge in [0.2, 0.25) is 5.95 Å². The second kappa shape index (κ2) is 6.40. The van der Waals surface area contributed by atoms with Crippen LogP contribution < -0.4 is 20.1 Å². The monoisotopic (exact) mass is 351 g/mol. The fourth-order valence-electron chi connectivity index (χ4n) is 3.66. The number of anilines is 3. The lowest BCUT2D eigenvalue weighted by molar-refractivity contribution is 0.172. The molecular weight excluding hydrogens is 330 g/mol. The Kier molecular flexibility index (Phi) is 3.77. The number of aromatic nitrogens is 3. The second-order valence-electron chi connectivity index (χ2n) is 6.72. The molecule has 3 N–H and O–H groups in total. The summed E-state index contributed by atoms with van der Waals surface area (Å²) >= 11 is 0. The van der Waals surface area contributed by atoms with Gasteiger partial charge in [-0.1, -0.05) is 18.9 Å². The molecule has 2 aliphatic rings. The van der Waals surface area contributed by atoms with Crippen LogP contribution in [0.4, 0.5) is 17.5 Å². The highest BCUT2D eigenvalue weighted by Crippen LogP contribution is 2.38. The molecule has 1 aromatic carbocycles. The molecule has 7 nitrogen and oxygen atoms in total. The van der Waals surface area contributed by atoms with Crippen molar-refractivity contribution in [1.82, 2.24) is 15.0 Å². The Morgan fingerprint density at radius 3 is 2.85 bits per heavy atom. The normalized spacial score (nSPS) is 16.8. The van der Waals surface area contributed by atoms with E-state index in [1.54, 1.807) is 0 Å². The van der Waals surface area contributed by atoms with Crippen LogP contribution in [0.25, 0.3) is 11.0 Å². The van der Waals surface area contributed by atoms with Crippen LogP contribution in [0.2, 0.25) is 0 Å². The average Bonchev–Trinajstić information content (AvgIpc) is 3.34. The fraction of sp³-hybridized carbons (Fsp3) is 0.368. The fourth-order valence-corrected chi connectivity index (χ4v) is 3.66. The number of aromatic amines is 1. The van der Waals surface area contributed by atoms with Gasteiger partial charge in [0.05, 0.1) is 11.1 Å². The average molecular weight is 351 g/mol. The lowest BCUT2D eigenvalue weighted by Gasteiger charge is -2.21. The second-order valence-corrected chi connectivity index (χ2v) is 6.72. The number of rotatable bonds is 4. The van der Waals surface area contributed by atoms with Crippen molar-refractivity contribution < 1.29 is 9.47 Å². The van der Waals surface area contributed by atoms with Crippen molar-refractivity contribution in [3.05, 3.63) is 30.5 Å². The maximum absolute atomic E-state index is 5.77. The van der Waals surface area contributed by atoms with E-state index in [9.17, 15) is 0 Å². The molecule has 0 bridgehead atoms. The summed E-state index contributed by atoms with van der Waals surface area (Å²) in [7, 11) is 0. The van der Waals surface area contributed by atoms with Gasteiger partial charge in [-0.2, -0.15) is 9.97 Å². The topological polar surface area (TPSA) is 84.1 Å². The number of fused-ring (bicyclic) bond motifs is 2. The zero-order valence-electron chi connectivity index (χ0n) is 14.4. The highest BCUT2D eigenvalue weighted by atomic mass is 16.6. The van der Waals surface area contributed by atoms with Gasteiger partial charge in [0.1, 0.15) is 24.7 Å². The van der Waals surface area contributed by atoms with Gasteiger partial charge in [0, 0.05) is 12.2 Å². The molecule has 0 radical (unpaired) electrons. The predicted octanol–water partition coefficient (Wildman–Crippen LogP) is 3.83. The molecule has 1 aliphatic heterocycles. The molecular formula is C19H21N5O2. The Labute approximate surface area is 151 Å². The molecule has 7 heteroatoms. The summed E-state index contributed by atoms with van der Waals surface area (Å²) in [5.41, 5.74) is 1.62. The van der Waals surface area contributed by atoms with Crippen molar-refractivity contribution in [3.63, 3.8) is 0 Å². The van der Waals surface area contributed by atoms with Crippen molar-refractivity contribution in [2.24, 2.45) is 0 Å². The van der Waals surface area contributed by atoms with Crippen LogP contribution in [-0.4, -0.2) is 34.2 Å². The Bertz CT molecular complexity index is 933. The zero-order chi connectivity index (χ0) is 17.3. The quantitative estimate of drug-likeness (QED) is 0.662. The van der Waals surface area contributed by atoms with E-state index >= 15 is 0 Å². The summed E-state index contributed by atoms with van der Waals surface area (Å²) in [5.74, 6) is 2.85. The first kappa shape index (κ1) is 15.3. The maximum atomic E-state index is 5.77. The molecule has 2 aromatic heterocycles. The van der Waals surface area contributed by atoms with Gasteiger partial charge in [-0.05, 0) is 31.0 Å². The third-order valence-corrected chi connectivity index (χ3v) is 4.92. The van der Waals surface area contributed by atoms with Gasteiger partial charge in [0.15, 0.2) is 11.5 Å². The molecule has 1 fully saturated rings. The van der Waals surface area contributed by atoms with Crippen molar-refractivity contribution >= 4 is 28.5 Å². The smallest absolute Gasteiger partial charge is 0.231 e. The minimum Gasteiger partial charge on any atom is -0.486 e. The molecule has 0 saturated heterocycles. The minimum atomic E-state index is 0.483. The summed E-state index contributed by atoms with van der Waals surface area (Å²) in [4.78, 5) is 12.5. The number of benzene rings is 1. The SMILES string of the molecule is c1cc(Nc2nc(NC3CCCC3)c3cc[nH]c3n2)c2c(c1)OCCO2. The van der Waals surface area contributed by atoms with Crippen LogP contribution in [0.1, 0.15) is 25.7 Å². The van der Waals surface area contributed by atoms with E-state index in [1.165, 1.54) is 25.7 Å². The molecule has 0 amide bonds. The van der Waals surface area contributed by atoms with Crippen molar-refractivity contribution in [2.75, 3.05) is 23.8 Å². The lowest BCUT2D eigenvalue weighted by atomic mass is 10.2. The third kappa shape index (κ3) is 2.79. The van der Waals surface area contributed by atoms with Crippen LogP contribution in [0.5, 0.6) is 11.5 Å². The van der Waals surface area contributed by atoms with Gasteiger partial charge < -0.3 is 25.1 Å². The first-order valence-corrected chi connectivity index (χ1v) is 9.14. The Balaban J connectivity index is 1.49. The lowest BCUT2D eigenvalue weighted by Crippen LogP contribution is -2.17. The summed E-state index contributed by atoms with van der Waals surface area (Å²) in [6, 6.07) is 8.28. The molecule has 5 rings (SSSR count). The van der Waals surface area contributed by atoms with Gasteiger partial charge >= 0.3 is 0 Å². The van der Waals surface area contributed by atoms with E-state index in [4.69, 9.17) is 14.5 Å². The van der Waals surface area contributed by atoms with Crippen molar-refractivity contribution in [2.45, 2.75) is 31.7 Å². The Hall–Kier alpha value is -2.96. The first-order chi connectivity index (χ1) is 12.9. The summed E-state index contributed by atoms with van der Waals surface area (Å²) in [6.07, 6.45) is 6.83. The Morgan fingerprint density at radius 1 is 1.04 bits per heavy atom. The number of hydrogen-bond acceptors (Lipinski definition) is 6. The molecule has 1 saturated carbocycles. The largest absolute Gasteiger partial charge is 0.486 e. The van der Waals surface area contributed by atoms with Crippen LogP contribution >= 0.6 is 0 Å². The van der Waals surface area contributed by atoms with Crippen LogP contribution in [0.15, 0.2) is 30.5 Å². The zero-order valence-corrected chi connectivity index (χ0v) is 14.4. The van der Waals surface area contributed by atoms with E-state index < -0.39 is 0 Å². The third-order valence-electron chi connectivity index (χ3n) is 4.92. The van der Waals surface area contributed by atoms with Gasteiger partial charge in [-0.15, -0.1) is 0 Å². The first-order valence-electron chi connectivity index (χ1n) is 9.14. The molecule has 3 heterocycles. The van der Waals surface area contributed by atoms with E-state index in [0.29, 0.717) is 31.0 Å². The molecule has 1 aliphatic carbocycles. The van der Waals surface area contributed by atoms with E-state index in [0.717, 1.165) is 28.3 Å². The van der Waals surface area contributed by atoms with Crippen LogP contribution in [0, 0.1) is 0 Å². The summed E-state index contributed by atoms with van der Waals surface area (Å²) in [6.45, 7) is 1.10.